The van der Waals surface area contributed by atoms with Gasteiger partial charge in [-0.25, -0.2) is 0 Å². The second-order valence-corrected chi connectivity index (χ2v) is 7.08. The summed E-state index contributed by atoms with van der Waals surface area (Å²) in [4.78, 5) is 0. The Kier molecular flexibility index (Phi) is 4.47. The lowest BCUT2D eigenvalue weighted by Crippen LogP contribution is -2.41. The van der Waals surface area contributed by atoms with Crippen molar-refractivity contribution in [3.8, 4) is 0 Å². The van der Waals surface area contributed by atoms with Gasteiger partial charge in [-0.15, -0.1) is 0 Å². The van der Waals surface area contributed by atoms with Crippen molar-refractivity contribution in [3.05, 3.63) is 11.5 Å². The Balaban J connectivity index is 2.08. The van der Waals surface area contributed by atoms with Crippen LogP contribution in [0.4, 0.5) is 0 Å². The van der Waals surface area contributed by atoms with E-state index in [1.54, 1.807) is 0 Å². The molecule has 1 saturated carbocycles. The van der Waals surface area contributed by atoms with Gasteiger partial charge in [-0.2, -0.15) is 0 Å². The van der Waals surface area contributed by atoms with Crippen LogP contribution >= 0.6 is 0 Å². The zero-order valence-electron chi connectivity index (χ0n) is 13.3. The lowest BCUT2D eigenvalue weighted by molar-refractivity contribution is 0.00578. The summed E-state index contributed by atoms with van der Waals surface area (Å²) in [7, 11) is -0.142. The van der Waals surface area contributed by atoms with Gasteiger partial charge in [0, 0.05) is 0 Å². The third-order valence-electron chi connectivity index (χ3n) is 5.06. The highest BCUT2D eigenvalue weighted by atomic mass is 16.7. The molecule has 1 saturated heterocycles. The minimum Gasteiger partial charge on any atom is -0.400 e. The van der Waals surface area contributed by atoms with E-state index in [9.17, 15) is 0 Å². The molecule has 1 aliphatic carbocycles. The third kappa shape index (κ3) is 3.25. The predicted molar refractivity (Wildman–Crippen MR) is 81.0 cm³/mol. The standard InChI is InChI=1S/C16H29BO2/c1-6-14(12-13-10-8-7-9-11-13)17-18-15(2,3)16(4,5)19-17/h12-13H,6-11H2,1-5H3/b14-12+. The SMILES string of the molecule is CC/C(=C\C1CCCCC1)B1OC(C)(C)C(C)(C)O1. The Bertz CT molecular complexity index is 325. The molecule has 0 spiro atoms. The van der Waals surface area contributed by atoms with E-state index in [-0.39, 0.29) is 18.3 Å². The monoisotopic (exact) mass is 264 g/mol. The van der Waals surface area contributed by atoms with Crippen molar-refractivity contribution in [1.82, 2.24) is 0 Å². The Morgan fingerprint density at radius 1 is 1.05 bits per heavy atom. The molecule has 1 aliphatic heterocycles. The fourth-order valence-corrected chi connectivity index (χ4v) is 2.96. The average molecular weight is 264 g/mol. The Morgan fingerprint density at radius 2 is 1.58 bits per heavy atom. The summed E-state index contributed by atoms with van der Waals surface area (Å²) in [6, 6.07) is 0. The van der Waals surface area contributed by atoms with Gasteiger partial charge in [-0.05, 0) is 58.3 Å². The molecule has 3 heteroatoms. The van der Waals surface area contributed by atoms with Crippen LogP contribution in [0.2, 0.25) is 0 Å². The van der Waals surface area contributed by atoms with Gasteiger partial charge in [0.15, 0.2) is 0 Å². The van der Waals surface area contributed by atoms with Gasteiger partial charge in [0.25, 0.3) is 0 Å². The molecule has 0 aromatic rings. The number of allylic oxidation sites excluding steroid dienone is 2. The van der Waals surface area contributed by atoms with E-state index in [4.69, 9.17) is 9.31 Å². The largest absolute Gasteiger partial charge is 0.490 e. The van der Waals surface area contributed by atoms with E-state index in [2.05, 4.69) is 40.7 Å². The van der Waals surface area contributed by atoms with Crippen molar-refractivity contribution < 1.29 is 9.31 Å². The minimum absolute atomic E-state index is 0.142. The summed E-state index contributed by atoms with van der Waals surface area (Å²) < 4.78 is 12.3. The highest BCUT2D eigenvalue weighted by Gasteiger charge is 2.52. The lowest BCUT2D eigenvalue weighted by atomic mass is 9.73. The van der Waals surface area contributed by atoms with E-state index in [0.717, 1.165) is 12.3 Å². The molecule has 2 aliphatic rings. The van der Waals surface area contributed by atoms with E-state index in [1.165, 1.54) is 37.6 Å². The van der Waals surface area contributed by atoms with E-state index in [1.807, 2.05) is 0 Å². The first-order valence-corrected chi connectivity index (χ1v) is 7.92. The maximum absolute atomic E-state index is 6.17. The van der Waals surface area contributed by atoms with Crippen molar-refractivity contribution >= 4 is 7.12 Å². The quantitative estimate of drug-likeness (QED) is 0.697. The van der Waals surface area contributed by atoms with Crippen molar-refractivity contribution in [3.63, 3.8) is 0 Å². The molecule has 2 fully saturated rings. The smallest absolute Gasteiger partial charge is 0.400 e. The highest BCUT2D eigenvalue weighted by molar-refractivity contribution is 6.54. The van der Waals surface area contributed by atoms with Crippen molar-refractivity contribution in [2.24, 2.45) is 5.92 Å². The van der Waals surface area contributed by atoms with Crippen LogP contribution in [-0.2, 0) is 9.31 Å². The summed E-state index contributed by atoms with van der Waals surface area (Å²) in [5.74, 6) is 0.739. The molecular formula is C16H29BO2. The summed E-state index contributed by atoms with van der Waals surface area (Å²) in [6.45, 7) is 10.7. The van der Waals surface area contributed by atoms with Gasteiger partial charge in [0.05, 0.1) is 11.2 Å². The van der Waals surface area contributed by atoms with Gasteiger partial charge in [0.1, 0.15) is 0 Å². The van der Waals surface area contributed by atoms with Crippen molar-refractivity contribution in [1.29, 1.82) is 0 Å². The van der Waals surface area contributed by atoms with Crippen LogP contribution in [-0.4, -0.2) is 18.3 Å². The van der Waals surface area contributed by atoms with Gasteiger partial charge >= 0.3 is 7.12 Å². The van der Waals surface area contributed by atoms with E-state index < -0.39 is 0 Å². The van der Waals surface area contributed by atoms with Crippen LogP contribution in [0, 0.1) is 5.92 Å². The topological polar surface area (TPSA) is 18.5 Å². The molecule has 1 heterocycles. The van der Waals surface area contributed by atoms with Crippen LogP contribution < -0.4 is 0 Å². The lowest BCUT2D eigenvalue weighted by Gasteiger charge is -2.32. The fourth-order valence-electron chi connectivity index (χ4n) is 2.96. The van der Waals surface area contributed by atoms with Crippen LogP contribution in [0.15, 0.2) is 11.5 Å². The molecule has 0 unspecified atom stereocenters. The van der Waals surface area contributed by atoms with Crippen LogP contribution in [0.5, 0.6) is 0 Å². The fraction of sp³-hybridized carbons (Fsp3) is 0.875. The maximum atomic E-state index is 6.17. The Hall–Kier alpha value is -0.275. The Labute approximate surface area is 119 Å². The second kappa shape index (κ2) is 5.61. The second-order valence-electron chi connectivity index (χ2n) is 7.08. The molecule has 0 atom stereocenters. The molecule has 19 heavy (non-hydrogen) atoms. The molecule has 0 aromatic heterocycles. The van der Waals surface area contributed by atoms with Crippen molar-refractivity contribution in [2.75, 3.05) is 0 Å². The zero-order valence-corrected chi connectivity index (χ0v) is 13.3. The summed E-state index contributed by atoms with van der Waals surface area (Å²) in [5, 5.41) is 0. The van der Waals surface area contributed by atoms with Crippen LogP contribution in [0.1, 0.15) is 73.1 Å². The summed E-state index contributed by atoms with van der Waals surface area (Å²) in [6.07, 6.45) is 10.3. The molecule has 0 amide bonds. The predicted octanol–water partition coefficient (Wildman–Crippen LogP) is 4.53. The number of hydrogen-bond acceptors (Lipinski definition) is 2. The summed E-state index contributed by atoms with van der Waals surface area (Å²) in [5.41, 5.74) is 0.891. The molecular weight excluding hydrogens is 235 g/mol. The van der Waals surface area contributed by atoms with Crippen LogP contribution in [0.25, 0.3) is 0 Å². The van der Waals surface area contributed by atoms with E-state index in [0.29, 0.717) is 0 Å². The van der Waals surface area contributed by atoms with Gasteiger partial charge in [-0.1, -0.05) is 32.3 Å². The molecule has 0 radical (unpaired) electrons. The number of hydrogen-bond donors (Lipinski definition) is 0. The minimum atomic E-state index is -0.224. The maximum Gasteiger partial charge on any atom is 0.490 e. The molecule has 0 aromatic carbocycles. The first-order chi connectivity index (χ1) is 8.86. The Morgan fingerprint density at radius 3 is 2.05 bits per heavy atom. The molecule has 2 rings (SSSR count). The third-order valence-corrected chi connectivity index (χ3v) is 5.06. The number of rotatable bonds is 3. The van der Waals surface area contributed by atoms with Gasteiger partial charge < -0.3 is 9.31 Å². The zero-order chi connectivity index (χ0) is 14.1. The summed E-state index contributed by atoms with van der Waals surface area (Å²) >= 11 is 0. The first kappa shape index (κ1) is 15.1. The van der Waals surface area contributed by atoms with Gasteiger partial charge in [0.2, 0.25) is 0 Å². The van der Waals surface area contributed by atoms with Crippen LogP contribution in [0.3, 0.4) is 0 Å². The molecule has 2 nitrogen and oxygen atoms in total. The van der Waals surface area contributed by atoms with Gasteiger partial charge in [-0.3, -0.25) is 0 Å². The van der Waals surface area contributed by atoms with E-state index >= 15 is 0 Å². The first-order valence-electron chi connectivity index (χ1n) is 7.92. The van der Waals surface area contributed by atoms with Crippen molar-refractivity contribution in [2.45, 2.75) is 84.3 Å². The molecule has 108 valence electrons. The highest BCUT2D eigenvalue weighted by Crippen LogP contribution is 2.39. The average Bonchev–Trinajstić information content (AvgIpc) is 2.56. The molecule has 0 bridgehead atoms. The molecule has 0 N–H and O–H groups in total. The normalized spacial score (nSPS) is 27.8.